The SMILES string of the molecule is CC1(C)c2ccccc2-c2c1ccc1c(N(c3ccccc3)c3ccccc3-c3ccccc3-c3ccccc3)cccc21. The Labute approximate surface area is 259 Å². The van der Waals surface area contributed by atoms with Gasteiger partial charge in [0.1, 0.15) is 0 Å². The summed E-state index contributed by atoms with van der Waals surface area (Å²) in [5.74, 6) is 0. The molecular formula is C43H33N. The van der Waals surface area contributed by atoms with Gasteiger partial charge in [-0.3, -0.25) is 0 Å². The third-order valence-corrected chi connectivity index (χ3v) is 9.28. The highest BCUT2D eigenvalue weighted by Crippen LogP contribution is 2.53. The molecule has 0 atom stereocenters. The zero-order chi connectivity index (χ0) is 29.7. The number of hydrogen-bond donors (Lipinski definition) is 0. The van der Waals surface area contributed by atoms with Crippen LogP contribution >= 0.6 is 0 Å². The maximum absolute atomic E-state index is 2.44. The molecule has 0 saturated heterocycles. The first-order valence-corrected chi connectivity index (χ1v) is 15.4. The van der Waals surface area contributed by atoms with Crippen LogP contribution in [-0.2, 0) is 5.41 Å². The van der Waals surface area contributed by atoms with Gasteiger partial charge in [0, 0.05) is 22.1 Å². The second-order valence-corrected chi connectivity index (χ2v) is 12.1. The monoisotopic (exact) mass is 563 g/mol. The van der Waals surface area contributed by atoms with Gasteiger partial charge in [0.05, 0.1) is 11.4 Å². The fraction of sp³-hybridized carbons (Fsp3) is 0.0698. The number of rotatable bonds is 5. The summed E-state index contributed by atoms with van der Waals surface area (Å²) in [5, 5.41) is 2.54. The van der Waals surface area contributed by atoms with Crippen LogP contribution in [0.25, 0.3) is 44.2 Å². The summed E-state index contributed by atoms with van der Waals surface area (Å²) < 4.78 is 0. The largest absolute Gasteiger partial charge is 0.309 e. The van der Waals surface area contributed by atoms with E-state index >= 15 is 0 Å². The third kappa shape index (κ3) is 4.08. The molecule has 0 fully saturated rings. The van der Waals surface area contributed by atoms with Crippen LogP contribution in [0.3, 0.4) is 0 Å². The van der Waals surface area contributed by atoms with E-state index in [1.54, 1.807) is 0 Å². The Balaban J connectivity index is 1.40. The van der Waals surface area contributed by atoms with Gasteiger partial charge in [0.2, 0.25) is 0 Å². The van der Waals surface area contributed by atoms with Crippen LogP contribution in [0.1, 0.15) is 25.0 Å². The Morgan fingerprint density at radius 2 is 0.977 bits per heavy atom. The quantitative estimate of drug-likeness (QED) is 0.201. The van der Waals surface area contributed by atoms with Crippen LogP contribution in [0.5, 0.6) is 0 Å². The van der Waals surface area contributed by atoms with Gasteiger partial charge in [-0.25, -0.2) is 0 Å². The van der Waals surface area contributed by atoms with Gasteiger partial charge in [0.25, 0.3) is 0 Å². The summed E-state index contributed by atoms with van der Waals surface area (Å²) in [6, 6.07) is 59.5. The first-order chi connectivity index (χ1) is 21.6. The van der Waals surface area contributed by atoms with E-state index in [4.69, 9.17) is 0 Å². The summed E-state index contributed by atoms with van der Waals surface area (Å²) >= 11 is 0. The van der Waals surface area contributed by atoms with E-state index < -0.39 is 0 Å². The van der Waals surface area contributed by atoms with E-state index in [9.17, 15) is 0 Å². The van der Waals surface area contributed by atoms with Crippen molar-refractivity contribution in [2.45, 2.75) is 19.3 Å². The van der Waals surface area contributed by atoms with Gasteiger partial charge in [-0.05, 0) is 68.6 Å². The lowest BCUT2D eigenvalue weighted by Gasteiger charge is -2.30. The van der Waals surface area contributed by atoms with Crippen molar-refractivity contribution >= 4 is 27.8 Å². The number of fused-ring (bicyclic) bond motifs is 5. The standard InChI is InChI=1S/C43H33N/c1-43(2)38-25-13-11-23-37(38)42-36-24-15-27-41(35(36)28-29-39(42)43)44(31-18-7-4-8-19-31)40-26-14-12-22-34(40)33-21-10-9-20-32(33)30-16-5-3-6-17-30/h3-29H,1-2H3. The summed E-state index contributed by atoms with van der Waals surface area (Å²) in [6.07, 6.45) is 0. The topological polar surface area (TPSA) is 3.24 Å². The molecule has 0 bridgehead atoms. The average molecular weight is 564 g/mol. The molecule has 0 heterocycles. The third-order valence-electron chi connectivity index (χ3n) is 9.28. The predicted molar refractivity (Wildman–Crippen MR) is 187 cm³/mol. The van der Waals surface area contributed by atoms with Gasteiger partial charge in [0.15, 0.2) is 0 Å². The van der Waals surface area contributed by atoms with Gasteiger partial charge in [-0.15, -0.1) is 0 Å². The molecule has 0 unspecified atom stereocenters. The van der Waals surface area contributed by atoms with Gasteiger partial charge >= 0.3 is 0 Å². The van der Waals surface area contributed by atoms with E-state index in [1.165, 1.54) is 61.0 Å². The Bertz CT molecular complexity index is 2140. The molecule has 1 aliphatic rings. The normalized spacial score (nSPS) is 13.0. The molecule has 1 aliphatic carbocycles. The van der Waals surface area contributed by atoms with Crippen molar-refractivity contribution in [3.05, 3.63) is 175 Å². The fourth-order valence-corrected chi connectivity index (χ4v) is 7.21. The highest BCUT2D eigenvalue weighted by molar-refractivity contribution is 6.09. The van der Waals surface area contributed by atoms with Crippen molar-refractivity contribution in [3.63, 3.8) is 0 Å². The van der Waals surface area contributed by atoms with E-state index in [0.717, 1.165) is 11.4 Å². The van der Waals surface area contributed by atoms with E-state index in [2.05, 4.69) is 183 Å². The predicted octanol–water partition coefficient (Wildman–Crippen LogP) is 11.9. The van der Waals surface area contributed by atoms with Gasteiger partial charge in [-0.2, -0.15) is 0 Å². The molecule has 7 aromatic carbocycles. The lowest BCUT2D eigenvalue weighted by Crippen LogP contribution is -2.15. The maximum atomic E-state index is 2.44. The lowest BCUT2D eigenvalue weighted by atomic mass is 9.82. The summed E-state index contributed by atoms with van der Waals surface area (Å²) in [4.78, 5) is 2.44. The maximum Gasteiger partial charge on any atom is 0.0540 e. The molecule has 44 heavy (non-hydrogen) atoms. The molecule has 0 aliphatic heterocycles. The minimum absolute atomic E-state index is 0.0387. The zero-order valence-corrected chi connectivity index (χ0v) is 25.0. The van der Waals surface area contributed by atoms with Crippen LogP contribution in [0.15, 0.2) is 164 Å². The summed E-state index contributed by atoms with van der Waals surface area (Å²) in [5.41, 5.74) is 13.8. The van der Waals surface area contributed by atoms with Crippen molar-refractivity contribution in [1.82, 2.24) is 0 Å². The highest BCUT2D eigenvalue weighted by Gasteiger charge is 2.36. The molecular weight excluding hydrogens is 530 g/mol. The number of hydrogen-bond acceptors (Lipinski definition) is 1. The number of anilines is 3. The van der Waals surface area contributed by atoms with Crippen LogP contribution in [0.2, 0.25) is 0 Å². The minimum Gasteiger partial charge on any atom is -0.309 e. The second-order valence-electron chi connectivity index (χ2n) is 12.1. The molecule has 0 N–H and O–H groups in total. The molecule has 1 nitrogen and oxygen atoms in total. The number of benzene rings is 7. The Morgan fingerprint density at radius 3 is 1.75 bits per heavy atom. The summed E-state index contributed by atoms with van der Waals surface area (Å²) in [6.45, 7) is 4.70. The van der Waals surface area contributed by atoms with Crippen LogP contribution in [-0.4, -0.2) is 0 Å². The molecule has 0 amide bonds. The van der Waals surface area contributed by atoms with Crippen LogP contribution in [0, 0.1) is 0 Å². The Kier molecular flexibility index (Phi) is 6.20. The average Bonchev–Trinajstić information content (AvgIpc) is 3.33. The van der Waals surface area contributed by atoms with E-state index in [1.807, 2.05) is 0 Å². The molecule has 1 heteroatoms. The number of para-hydroxylation sites is 2. The van der Waals surface area contributed by atoms with E-state index in [-0.39, 0.29) is 5.41 Å². The van der Waals surface area contributed by atoms with Crippen molar-refractivity contribution in [1.29, 1.82) is 0 Å². The molecule has 0 radical (unpaired) electrons. The Hall–Kier alpha value is -5.40. The lowest BCUT2D eigenvalue weighted by molar-refractivity contribution is 0.661. The minimum atomic E-state index is -0.0387. The van der Waals surface area contributed by atoms with Crippen LogP contribution in [0.4, 0.5) is 17.1 Å². The zero-order valence-electron chi connectivity index (χ0n) is 25.0. The molecule has 0 aromatic heterocycles. The van der Waals surface area contributed by atoms with Crippen molar-refractivity contribution in [3.8, 4) is 33.4 Å². The molecule has 8 rings (SSSR count). The second kappa shape index (κ2) is 10.4. The van der Waals surface area contributed by atoms with Crippen molar-refractivity contribution < 1.29 is 0 Å². The number of nitrogens with zero attached hydrogens (tertiary/aromatic N) is 1. The molecule has 7 aromatic rings. The first-order valence-electron chi connectivity index (χ1n) is 15.4. The van der Waals surface area contributed by atoms with Crippen molar-refractivity contribution in [2.24, 2.45) is 0 Å². The molecule has 0 saturated carbocycles. The van der Waals surface area contributed by atoms with Crippen LogP contribution < -0.4 is 4.90 Å². The Morgan fingerprint density at radius 1 is 0.386 bits per heavy atom. The fourth-order valence-electron chi connectivity index (χ4n) is 7.21. The summed E-state index contributed by atoms with van der Waals surface area (Å²) in [7, 11) is 0. The van der Waals surface area contributed by atoms with E-state index in [0.29, 0.717) is 0 Å². The smallest absolute Gasteiger partial charge is 0.0540 e. The first kappa shape index (κ1) is 26.2. The van der Waals surface area contributed by atoms with Crippen molar-refractivity contribution in [2.75, 3.05) is 4.90 Å². The highest BCUT2D eigenvalue weighted by atomic mass is 15.1. The molecule has 0 spiro atoms. The molecule has 210 valence electrons. The van der Waals surface area contributed by atoms with Gasteiger partial charge < -0.3 is 4.90 Å². The van der Waals surface area contributed by atoms with Gasteiger partial charge in [-0.1, -0.05) is 153 Å².